The maximum Gasteiger partial charge on any atom is 0.253 e. The van der Waals surface area contributed by atoms with Gasteiger partial charge in [0.05, 0.1) is 12.3 Å². The number of amides is 1. The van der Waals surface area contributed by atoms with Crippen molar-refractivity contribution >= 4 is 5.91 Å². The molecule has 0 bridgehead atoms. The fraction of sp³-hybridized carbons (Fsp3) is 0.467. The molecule has 1 atom stereocenters. The number of hydrogen-bond acceptors (Lipinski definition) is 5. The molecule has 22 heavy (non-hydrogen) atoms. The number of hydrogen-bond donors (Lipinski definition) is 0. The first-order chi connectivity index (χ1) is 10.8. The van der Waals surface area contributed by atoms with Crippen LogP contribution in [-0.4, -0.2) is 57.3 Å². The lowest BCUT2D eigenvalue weighted by atomic mass is 10.1. The molecule has 1 aliphatic heterocycles. The summed E-state index contributed by atoms with van der Waals surface area (Å²) in [7, 11) is 0. The predicted molar refractivity (Wildman–Crippen MR) is 79.7 cm³/mol. The van der Waals surface area contributed by atoms with Crippen LogP contribution < -0.4 is 0 Å². The normalized spacial score (nSPS) is 17.6. The summed E-state index contributed by atoms with van der Waals surface area (Å²) >= 11 is 0. The summed E-state index contributed by atoms with van der Waals surface area (Å²) in [5.41, 5.74) is 1.51. The fourth-order valence-corrected chi connectivity index (χ4v) is 2.61. The number of nitrogens with zero attached hydrogens (tertiary/aromatic N) is 5. The number of ether oxygens (including phenoxy) is 1. The molecule has 1 saturated heterocycles. The molecule has 1 aromatic heterocycles. The van der Waals surface area contributed by atoms with Gasteiger partial charge in [0.15, 0.2) is 0 Å². The maximum absolute atomic E-state index is 12.6. The van der Waals surface area contributed by atoms with E-state index in [2.05, 4.69) is 15.5 Å². The first-order valence-electron chi connectivity index (χ1n) is 7.48. The lowest BCUT2D eigenvalue weighted by Crippen LogP contribution is -2.35. The number of benzene rings is 1. The van der Waals surface area contributed by atoms with Gasteiger partial charge in [-0.25, -0.2) is 4.68 Å². The molecule has 1 unspecified atom stereocenters. The van der Waals surface area contributed by atoms with Gasteiger partial charge in [-0.3, -0.25) is 4.79 Å². The van der Waals surface area contributed by atoms with E-state index in [0.29, 0.717) is 18.0 Å². The third-order valence-electron chi connectivity index (χ3n) is 3.90. The molecule has 2 heterocycles. The summed E-state index contributed by atoms with van der Waals surface area (Å²) in [6.45, 7) is 5.01. The van der Waals surface area contributed by atoms with Crippen molar-refractivity contribution in [1.82, 2.24) is 25.1 Å². The summed E-state index contributed by atoms with van der Waals surface area (Å²) in [6.07, 6.45) is 2.55. The molecular weight excluding hydrogens is 282 g/mol. The molecule has 0 spiro atoms. The summed E-state index contributed by atoms with van der Waals surface area (Å²) < 4.78 is 6.94. The molecular formula is C15H19N5O2. The van der Waals surface area contributed by atoms with Crippen molar-refractivity contribution in [2.24, 2.45) is 5.92 Å². The number of tetrazole rings is 1. The average Bonchev–Trinajstić information content (AvgIpc) is 3.25. The molecule has 0 radical (unpaired) electrons. The van der Waals surface area contributed by atoms with Gasteiger partial charge in [-0.15, -0.1) is 5.10 Å². The zero-order chi connectivity index (χ0) is 15.4. The Kier molecular flexibility index (Phi) is 4.43. The van der Waals surface area contributed by atoms with Crippen molar-refractivity contribution in [3.8, 4) is 5.69 Å². The van der Waals surface area contributed by atoms with E-state index in [9.17, 15) is 4.79 Å². The average molecular weight is 301 g/mol. The third kappa shape index (κ3) is 3.14. The van der Waals surface area contributed by atoms with Gasteiger partial charge in [-0.05, 0) is 48.0 Å². The molecule has 1 aromatic carbocycles. The molecule has 1 fully saturated rings. The maximum atomic E-state index is 12.6. The van der Waals surface area contributed by atoms with E-state index >= 15 is 0 Å². The Morgan fingerprint density at radius 3 is 2.82 bits per heavy atom. The Hall–Kier alpha value is -2.28. The second kappa shape index (κ2) is 6.65. The van der Waals surface area contributed by atoms with Crippen molar-refractivity contribution in [3.63, 3.8) is 0 Å². The highest BCUT2D eigenvalue weighted by atomic mass is 16.5. The lowest BCUT2D eigenvalue weighted by Gasteiger charge is -2.23. The van der Waals surface area contributed by atoms with E-state index in [-0.39, 0.29) is 5.91 Å². The van der Waals surface area contributed by atoms with Crippen molar-refractivity contribution in [2.45, 2.75) is 13.3 Å². The standard InChI is InChI=1S/C15H19N5O2/c1-2-19(9-12-7-8-22-10-12)15(21)13-3-5-14(6-4-13)20-11-16-17-18-20/h3-6,11-12H,2,7-10H2,1H3. The Labute approximate surface area is 128 Å². The van der Waals surface area contributed by atoms with Crippen LogP contribution in [-0.2, 0) is 4.74 Å². The second-order valence-corrected chi connectivity index (χ2v) is 5.37. The van der Waals surface area contributed by atoms with Gasteiger partial charge < -0.3 is 9.64 Å². The first-order valence-corrected chi connectivity index (χ1v) is 7.48. The molecule has 116 valence electrons. The summed E-state index contributed by atoms with van der Waals surface area (Å²) in [4.78, 5) is 14.5. The fourth-order valence-electron chi connectivity index (χ4n) is 2.61. The molecule has 0 saturated carbocycles. The topological polar surface area (TPSA) is 73.1 Å². The van der Waals surface area contributed by atoms with Crippen LogP contribution >= 0.6 is 0 Å². The van der Waals surface area contributed by atoms with Crippen LogP contribution in [0.5, 0.6) is 0 Å². The molecule has 7 nitrogen and oxygen atoms in total. The van der Waals surface area contributed by atoms with Crippen LogP contribution in [0.3, 0.4) is 0 Å². The molecule has 1 amide bonds. The van der Waals surface area contributed by atoms with Gasteiger partial charge in [-0.1, -0.05) is 0 Å². The smallest absolute Gasteiger partial charge is 0.253 e. The molecule has 0 aliphatic carbocycles. The van der Waals surface area contributed by atoms with Crippen molar-refractivity contribution in [3.05, 3.63) is 36.2 Å². The molecule has 1 aliphatic rings. The predicted octanol–water partition coefficient (Wildman–Crippen LogP) is 1.16. The first kappa shape index (κ1) is 14.6. The van der Waals surface area contributed by atoms with Gasteiger partial charge in [0.25, 0.3) is 5.91 Å². The summed E-state index contributed by atoms with van der Waals surface area (Å²) in [5, 5.41) is 11.0. The van der Waals surface area contributed by atoms with Crippen LogP contribution in [0.15, 0.2) is 30.6 Å². The van der Waals surface area contributed by atoms with Gasteiger partial charge in [0.1, 0.15) is 6.33 Å². The van der Waals surface area contributed by atoms with E-state index < -0.39 is 0 Å². The van der Waals surface area contributed by atoms with E-state index in [4.69, 9.17) is 4.74 Å². The Balaban J connectivity index is 1.70. The van der Waals surface area contributed by atoms with Gasteiger partial charge in [0.2, 0.25) is 0 Å². The third-order valence-corrected chi connectivity index (χ3v) is 3.90. The van der Waals surface area contributed by atoms with Crippen molar-refractivity contribution < 1.29 is 9.53 Å². The molecule has 0 N–H and O–H groups in total. The number of rotatable bonds is 5. The van der Waals surface area contributed by atoms with Crippen LogP contribution in [0, 0.1) is 5.92 Å². The van der Waals surface area contributed by atoms with E-state index in [1.165, 1.54) is 6.33 Å². The Morgan fingerprint density at radius 1 is 1.41 bits per heavy atom. The monoisotopic (exact) mass is 301 g/mol. The van der Waals surface area contributed by atoms with Crippen LogP contribution in [0.4, 0.5) is 0 Å². The highest BCUT2D eigenvalue weighted by Crippen LogP contribution is 2.16. The highest BCUT2D eigenvalue weighted by molar-refractivity contribution is 5.94. The molecule has 2 aromatic rings. The van der Waals surface area contributed by atoms with Crippen LogP contribution in [0.25, 0.3) is 5.69 Å². The Bertz CT molecular complexity index is 605. The highest BCUT2D eigenvalue weighted by Gasteiger charge is 2.22. The van der Waals surface area contributed by atoms with Crippen molar-refractivity contribution in [1.29, 1.82) is 0 Å². The van der Waals surface area contributed by atoms with Crippen LogP contribution in [0.2, 0.25) is 0 Å². The largest absolute Gasteiger partial charge is 0.381 e. The van der Waals surface area contributed by atoms with Gasteiger partial charge in [-0.2, -0.15) is 0 Å². The number of carbonyl (C=O) groups is 1. The van der Waals surface area contributed by atoms with Crippen LogP contribution in [0.1, 0.15) is 23.7 Å². The minimum atomic E-state index is 0.0534. The zero-order valence-electron chi connectivity index (χ0n) is 12.6. The minimum Gasteiger partial charge on any atom is -0.381 e. The molecule has 7 heteroatoms. The molecule has 3 rings (SSSR count). The number of aromatic nitrogens is 4. The minimum absolute atomic E-state index is 0.0534. The van der Waals surface area contributed by atoms with E-state index in [1.54, 1.807) is 4.68 Å². The number of carbonyl (C=O) groups excluding carboxylic acids is 1. The van der Waals surface area contributed by atoms with Gasteiger partial charge >= 0.3 is 0 Å². The van der Waals surface area contributed by atoms with Crippen molar-refractivity contribution in [2.75, 3.05) is 26.3 Å². The second-order valence-electron chi connectivity index (χ2n) is 5.37. The quantitative estimate of drug-likeness (QED) is 0.828. The van der Waals surface area contributed by atoms with E-state index in [1.807, 2.05) is 36.1 Å². The van der Waals surface area contributed by atoms with Gasteiger partial charge in [0, 0.05) is 31.2 Å². The SMILES string of the molecule is CCN(CC1CCOC1)C(=O)c1ccc(-n2cnnn2)cc1. The zero-order valence-corrected chi connectivity index (χ0v) is 12.6. The van der Waals surface area contributed by atoms with E-state index in [0.717, 1.165) is 31.9 Å². The summed E-state index contributed by atoms with van der Waals surface area (Å²) in [6, 6.07) is 7.31. The summed E-state index contributed by atoms with van der Waals surface area (Å²) in [5.74, 6) is 0.502. The lowest BCUT2D eigenvalue weighted by molar-refractivity contribution is 0.0731. The Morgan fingerprint density at radius 2 is 2.23 bits per heavy atom.